The standard InChI is InChI=1S/C21H21NO3/c23-19(17-6-7-20-21(14-17)25-13-12-24-20)9-11-22-10-8-18(15-22)16-4-2-1-3-5-16/h1-8,10,14,18H,9,11-13,15H2. The average molecular weight is 335 g/mol. The number of Topliss-reactive ketones (excluding diaryl/α,β-unsaturated/α-hetero) is 1. The van der Waals surface area contributed by atoms with E-state index in [9.17, 15) is 4.79 Å². The van der Waals surface area contributed by atoms with Gasteiger partial charge in [-0.1, -0.05) is 36.4 Å². The second kappa shape index (κ2) is 7.01. The van der Waals surface area contributed by atoms with Crippen molar-refractivity contribution in [2.24, 2.45) is 0 Å². The minimum atomic E-state index is 0.133. The number of fused-ring (bicyclic) bond motifs is 1. The van der Waals surface area contributed by atoms with E-state index in [4.69, 9.17) is 9.47 Å². The van der Waals surface area contributed by atoms with Crippen LogP contribution in [-0.2, 0) is 0 Å². The van der Waals surface area contributed by atoms with Crippen LogP contribution in [0.25, 0.3) is 0 Å². The fraction of sp³-hybridized carbons (Fsp3) is 0.286. The molecule has 2 aromatic rings. The molecule has 2 aromatic carbocycles. The maximum Gasteiger partial charge on any atom is 0.164 e. The number of carbonyl (C=O) groups excluding carboxylic acids is 1. The fourth-order valence-electron chi connectivity index (χ4n) is 3.29. The normalized spacial score (nSPS) is 18.4. The quantitative estimate of drug-likeness (QED) is 0.782. The first-order valence-electron chi connectivity index (χ1n) is 8.70. The molecule has 2 aliphatic heterocycles. The SMILES string of the molecule is O=C(CCN1C=CC(c2ccccc2)C1)c1ccc2c(c1)OCCO2. The highest BCUT2D eigenvalue weighted by Crippen LogP contribution is 2.31. The summed E-state index contributed by atoms with van der Waals surface area (Å²) in [4.78, 5) is 14.7. The van der Waals surface area contributed by atoms with E-state index < -0.39 is 0 Å². The highest BCUT2D eigenvalue weighted by molar-refractivity contribution is 5.96. The molecule has 0 fully saturated rings. The number of carbonyl (C=O) groups is 1. The summed E-state index contributed by atoms with van der Waals surface area (Å²) >= 11 is 0. The number of hydrogen-bond acceptors (Lipinski definition) is 4. The van der Waals surface area contributed by atoms with Crippen LogP contribution in [-0.4, -0.2) is 37.0 Å². The maximum atomic E-state index is 12.5. The molecule has 1 unspecified atom stereocenters. The van der Waals surface area contributed by atoms with Crippen LogP contribution in [0.5, 0.6) is 11.5 Å². The van der Waals surface area contributed by atoms with Gasteiger partial charge in [-0.15, -0.1) is 0 Å². The van der Waals surface area contributed by atoms with E-state index in [2.05, 4.69) is 41.4 Å². The molecule has 2 aliphatic rings. The summed E-state index contributed by atoms with van der Waals surface area (Å²) in [5.74, 6) is 1.93. The molecule has 0 aromatic heterocycles. The Morgan fingerprint density at radius 1 is 1.04 bits per heavy atom. The van der Waals surface area contributed by atoms with Crippen LogP contribution in [0.15, 0.2) is 60.8 Å². The first kappa shape index (κ1) is 15.8. The topological polar surface area (TPSA) is 38.8 Å². The van der Waals surface area contributed by atoms with Gasteiger partial charge in [0.2, 0.25) is 0 Å². The van der Waals surface area contributed by atoms with Crippen molar-refractivity contribution in [1.82, 2.24) is 4.90 Å². The second-order valence-electron chi connectivity index (χ2n) is 6.39. The van der Waals surface area contributed by atoms with Gasteiger partial charge in [-0.2, -0.15) is 0 Å². The zero-order chi connectivity index (χ0) is 17.1. The molecule has 4 rings (SSSR count). The Kier molecular flexibility index (Phi) is 4.42. The molecule has 1 atom stereocenters. The lowest BCUT2D eigenvalue weighted by atomic mass is 10.0. The van der Waals surface area contributed by atoms with Gasteiger partial charge in [0.05, 0.1) is 0 Å². The van der Waals surface area contributed by atoms with Crippen LogP contribution in [0, 0.1) is 0 Å². The third kappa shape index (κ3) is 3.53. The highest BCUT2D eigenvalue weighted by atomic mass is 16.6. The number of rotatable bonds is 5. The highest BCUT2D eigenvalue weighted by Gasteiger charge is 2.19. The van der Waals surface area contributed by atoms with Gasteiger partial charge in [-0.05, 0) is 30.0 Å². The molecule has 0 spiro atoms. The fourth-order valence-corrected chi connectivity index (χ4v) is 3.29. The molecule has 0 aliphatic carbocycles. The number of ether oxygens (including phenoxy) is 2. The molecule has 0 bridgehead atoms. The molecule has 4 nitrogen and oxygen atoms in total. The lowest BCUT2D eigenvalue weighted by Crippen LogP contribution is -2.21. The molecule has 0 amide bonds. The third-order valence-corrected chi connectivity index (χ3v) is 4.68. The van der Waals surface area contributed by atoms with Gasteiger partial charge < -0.3 is 14.4 Å². The molecular weight excluding hydrogens is 314 g/mol. The Hall–Kier alpha value is -2.75. The first-order chi connectivity index (χ1) is 12.3. The Morgan fingerprint density at radius 2 is 1.84 bits per heavy atom. The molecule has 0 radical (unpaired) electrons. The maximum absolute atomic E-state index is 12.5. The van der Waals surface area contributed by atoms with Gasteiger partial charge in [-0.3, -0.25) is 4.79 Å². The minimum Gasteiger partial charge on any atom is -0.486 e. The van der Waals surface area contributed by atoms with Crippen molar-refractivity contribution in [3.05, 3.63) is 71.9 Å². The second-order valence-corrected chi connectivity index (χ2v) is 6.39. The van der Waals surface area contributed by atoms with Crippen molar-refractivity contribution < 1.29 is 14.3 Å². The van der Waals surface area contributed by atoms with E-state index in [1.54, 1.807) is 6.07 Å². The number of benzene rings is 2. The van der Waals surface area contributed by atoms with E-state index in [1.807, 2.05) is 18.2 Å². The van der Waals surface area contributed by atoms with Crippen molar-refractivity contribution in [2.75, 3.05) is 26.3 Å². The third-order valence-electron chi connectivity index (χ3n) is 4.68. The van der Waals surface area contributed by atoms with Gasteiger partial charge in [0.25, 0.3) is 0 Å². The molecule has 0 saturated heterocycles. The molecule has 128 valence electrons. The van der Waals surface area contributed by atoms with Crippen LogP contribution < -0.4 is 9.47 Å². The van der Waals surface area contributed by atoms with E-state index >= 15 is 0 Å². The zero-order valence-electron chi connectivity index (χ0n) is 14.1. The van der Waals surface area contributed by atoms with E-state index in [0.717, 1.165) is 18.8 Å². The molecule has 25 heavy (non-hydrogen) atoms. The van der Waals surface area contributed by atoms with Crippen molar-refractivity contribution in [2.45, 2.75) is 12.3 Å². The summed E-state index contributed by atoms with van der Waals surface area (Å²) in [7, 11) is 0. The van der Waals surface area contributed by atoms with Crippen LogP contribution in [0.2, 0.25) is 0 Å². The van der Waals surface area contributed by atoms with Crippen molar-refractivity contribution in [1.29, 1.82) is 0 Å². The van der Waals surface area contributed by atoms with Crippen molar-refractivity contribution >= 4 is 5.78 Å². The van der Waals surface area contributed by atoms with E-state index in [1.165, 1.54) is 5.56 Å². The number of ketones is 1. The summed E-state index contributed by atoms with van der Waals surface area (Å²) in [5, 5.41) is 0. The van der Waals surface area contributed by atoms with Crippen molar-refractivity contribution in [3.8, 4) is 11.5 Å². The lowest BCUT2D eigenvalue weighted by molar-refractivity contribution is 0.0971. The molecular formula is C21H21NO3. The van der Waals surface area contributed by atoms with Gasteiger partial charge in [-0.25, -0.2) is 0 Å². The van der Waals surface area contributed by atoms with Crippen LogP contribution >= 0.6 is 0 Å². The molecule has 2 heterocycles. The lowest BCUT2D eigenvalue weighted by Gasteiger charge is -2.19. The van der Waals surface area contributed by atoms with Crippen LogP contribution in [0.4, 0.5) is 0 Å². The Balaban J connectivity index is 1.33. The summed E-state index contributed by atoms with van der Waals surface area (Å²) in [6.07, 6.45) is 4.81. The number of nitrogens with zero attached hydrogens (tertiary/aromatic N) is 1. The van der Waals surface area contributed by atoms with Gasteiger partial charge >= 0.3 is 0 Å². The molecule has 4 heteroatoms. The van der Waals surface area contributed by atoms with Crippen molar-refractivity contribution in [3.63, 3.8) is 0 Å². The van der Waals surface area contributed by atoms with E-state index in [0.29, 0.717) is 36.9 Å². The predicted molar refractivity (Wildman–Crippen MR) is 96.3 cm³/mol. The summed E-state index contributed by atoms with van der Waals surface area (Å²) in [5.41, 5.74) is 2.01. The summed E-state index contributed by atoms with van der Waals surface area (Å²) < 4.78 is 11.1. The largest absolute Gasteiger partial charge is 0.486 e. The van der Waals surface area contributed by atoms with Gasteiger partial charge in [0, 0.05) is 31.0 Å². The van der Waals surface area contributed by atoms with E-state index in [-0.39, 0.29) is 5.78 Å². The van der Waals surface area contributed by atoms with Gasteiger partial charge in [0.15, 0.2) is 17.3 Å². The smallest absolute Gasteiger partial charge is 0.164 e. The number of hydrogen-bond donors (Lipinski definition) is 0. The first-order valence-corrected chi connectivity index (χ1v) is 8.70. The average Bonchev–Trinajstić information content (AvgIpc) is 3.15. The molecule has 0 N–H and O–H groups in total. The Bertz CT molecular complexity index is 785. The Morgan fingerprint density at radius 3 is 2.68 bits per heavy atom. The van der Waals surface area contributed by atoms with Gasteiger partial charge in [0.1, 0.15) is 13.2 Å². The summed E-state index contributed by atoms with van der Waals surface area (Å²) in [6, 6.07) is 15.9. The predicted octanol–water partition coefficient (Wildman–Crippen LogP) is 3.64. The summed E-state index contributed by atoms with van der Waals surface area (Å²) in [6.45, 7) is 2.75. The zero-order valence-corrected chi connectivity index (χ0v) is 14.1. The molecule has 0 saturated carbocycles. The van der Waals surface area contributed by atoms with Crippen LogP contribution in [0.3, 0.4) is 0 Å². The Labute approximate surface area is 147 Å². The van der Waals surface area contributed by atoms with Crippen LogP contribution in [0.1, 0.15) is 28.3 Å². The minimum absolute atomic E-state index is 0.133. The monoisotopic (exact) mass is 335 g/mol.